The van der Waals surface area contributed by atoms with Gasteiger partial charge in [0, 0.05) is 11.2 Å². The minimum absolute atomic E-state index is 0.180. The number of rotatable bonds is 5. The van der Waals surface area contributed by atoms with Gasteiger partial charge in [-0.3, -0.25) is 4.21 Å². The van der Waals surface area contributed by atoms with Crippen LogP contribution in [0, 0.1) is 0 Å². The van der Waals surface area contributed by atoms with E-state index >= 15 is 0 Å². The highest BCUT2D eigenvalue weighted by molar-refractivity contribution is 7.85. The summed E-state index contributed by atoms with van der Waals surface area (Å²) in [6.07, 6.45) is -3.78. The van der Waals surface area contributed by atoms with Gasteiger partial charge in [-0.25, -0.2) is 9.78 Å². The third kappa shape index (κ3) is 5.42. The van der Waals surface area contributed by atoms with Gasteiger partial charge >= 0.3 is 12.1 Å². The molecule has 0 aliphatic rings. The normalized spacial score (nSPS) is 12.7. The van der Waals surface area contributed by atoms with Crippen LogP contribution in [0.5, 0.6) is 0 Å². The van der Waals surface area contributed by atoms with Gasteiger partial charge in [-0.15, -0.1) is 0 Å². The first-order valence-electron chi connectivity index (χ1n) is 6.72. The molecule has 25 heavy (non-hydrogen) atoms. The van der Waals surface area contributed by atoms with E-state index in [4.69, 9.17) is 27.9 Å². The summed E-state index contributed by atoms with van der Waals surface area (Å²) < 4.78 is 55.9. The number of halogens is 5. The standard InChI is InChI=1S/C15H10Cl2F3NO3S/c16-10-3-1-2-9(6-10)14(22)24-4-5-25(23)13-12(15(18,19)20)7-11(17)8-21-13/h1-3,6-8H,4-5H2. The van der Waals surface area contributed by atoms with E-state index in [-0.39, 0.29) is 22.9 Å². The number of alkyl halides is 3. The average molecular weight is 412 g/mol. The van der Waals surface area contributed by atoms with E-state index in [9.17, 15) is 22.2 Å². The Kier molecular flexibility index (Phi) is 6.42. The highest BCUT2D eigenvalue weighted by atomic mass is 35.5. The average Bonchev–Trinajstić information content (AvgIpc) is 2.53. The zero-order valence-corrected chi connectivity index (χ0v) is 14.7. The Hall–Kier alpha value is -1.64. The molecule has 0 aliphatic carbocycles. The van der Waals surface area contributed by atoms with Crippen LogP contribution in [0.15, 0.2) is 41.6 Å². The third-order valence-electron chi connectivity index (χ3n) is 2.90. The van der Waals surface area contributed by atoms with Gasteiger partial charge in [0.25, 0.3) is 0 Å². The first-order valence-corrected chi connectivity index (χ1v) is 8.80. The number of hydrogen-bond donors (Lipinski definition) is 0. The minimum atomic E-state index is -4.75. The number of carbonyl (C=O) groups is 1. The fourth-order valence-electron chi connectivity index (χ4n) is 1.82. The van der Waals surface area contributed by atoms with Gasteiger partial charge in [0.15, 0.2) is 0 Å². The number of aromatic nitrogens is 1. The van der Waals surface area contributed by atoms with Crippen molar-refractivity contribution < 1.29 is 26.9 Å². The summed E-state index contributed by atoms with van der Waals surface area (Å²) in [6, 6.07) is 6.61. The van der Waals surface area contributed by atoms with Crippen LogP contribution in [0.3, 0.4) is 0 Å². The van der Waals surface area contributed by atoms with E-state index < -0.39 is 33.5 Å². The van der Waals surface area contributed by atoms with Crippen molar-refractivity contribution in [3.05, 3.63) is 57.7 Å². The van der Waals surface area contributed by atoms with E-state index in [1.165, 1.54) is 12.1 Å². The Balaban J connectivity index is 2.03. The molecule has 0 bridgehead atoms. The number of carbonyl (C=O) groups excluding carboxylic acids is 1. The molecule has 1 aromatic heterocycles. The molecule has 134 valence electrons. The number of esters is 1. The van der Waals surface area contributed by atoms with E-state index in [0.717, 1.165) is 6.20 Å². The molecule has 0 aliphatic heterocycles. The molecule has 0 radical (unpaired) electrons. The summed E-state index contributed by atoms with van der Waals surface area (Å²) in [5.41, 5.74) is -1.00. The van der Waals surface area contributed by atoms with Crippen molar-refractivity contribution in [3.8, 4) is 0 Å². The number of ether oxygens (including phenoxy) is 1. The molecule has 2 aromatic rings. The molecule has 1 unspecified atom stereocenters. The number of hydrogen-bond acceptors (Lipinski definition) is 4. The van der Waals surface area contributed by atoms with Gasteiger partial charge < -0.3 is 4.74 Å². The summed E-state index contributed by atoms with van der Waals surface area (Å²) in [4.78, 5) is 15.3. The number of benzene rings is 1. The van der Waals surface area contributed by atoms with Crippen molar-refractivity contribution >= 4 is 40.0 Å². The lowest BCUT2D eigenvalue weighted by atomic mass is 10.2. The fraction of sp³-hybridized carbons (Fsp3) is 0.200. The van der Waals surface area contributed by atoms with Crippen molar-refractivity contribution in [1.82, 2.24) is 4.98 Å². The van der Waals surface area contributed by atoms with Gasteiger partial charge in [-0.2, -0.15) is 13.2 Å². The molecule has 1 heterocycles. The van der Waals surface area contributed by atoms with Crippen LogP contribution in [0.1, 0.15) is 15.9 Å². The van der Waals surface area contributed by atoms with Gasteiger partial charge in [0.1, 0.15) is 11.6 Å². The summed E-state index contributed by atoms with van der Waals surface area (Å²) >= 11 is 11.3. The molecule has 0 saturated heterocycles. The SMILES string of the molecule is O=C(OCCS(=O)c1ncc(Cl)cc1C(F)(F)F)c1cccc(Cl)c1. The molecule has 10 heteroatoms. The smallest absolute Gasteiger partial charge is 0.419 e. The lowest BCUT2D eigenvalue weighted by molar-refractivity contribution is -0.140. The molecule has 2 rings (SSSR count). The highest BCUT2D eigenvalue weighted by Crippen LogP contribution is 2.34. The first kappa shape index (κ1) is 19.7. The second kappa shape index (κ2) is 8.16. The number of nitrogens with zero attached hydrogens (tertiary/aromatic N) is 1. The maximum absolute atomic E-state index is 13.0. The third-order valence-corrected chi connectivity index (χ3v) is 4.64. The zero-order valence-electron chi connectivity index (χ0n) is 12.3. The maximum atomic E-state index is 13.0. The first-order chi connectivity index (χ1) is 11.7. The molecule has 1 atom stereocenters. The van der Waals surface area contributed by atoms with Crippen LogP contribution >= 0.6 is 23.2 Å². The predicted molar refractivity (Wildman–Crippen MR) is 87.3 cm³/mol. The lowest BCUT2D eigenvalue weighted by Gasteiger charge is -2.12. The lowest BCUT2D eigenvalue weighted by Crippen LogP contribution is -2.16. The largest absolute Gasteiger partial charge is 0.461 e. The molecule has 0 fully saturated rings. The van der Waals surface area contributed by atoms with E-state index in [0.29, 0.717) is 11.1 Å². The summed E-state index contributed by atoms with van der Waals surface area (Å²) in [6.45, 7) is -0.348. The molecule has 1 aromatic carbocycles. The van der Waals surface area contributed by atoms with Crippen LogP contribution in [-0.4, -0.2) is 27.5 Å². The Morgan fingerprint density at radius 1 is 1.20 bits per heavy atom. The maximum Gasteiger partial charge on any atom is 0.419 e. The topological polar surface area (TPSA) is 56.3 Å². The van der Waals surface area contributed by atoms with Crippen molar-refractivity contribution in [3.63, 3.8) is 0 Å². The molecular weight excluding hydrogens is 402 g/mol. The molecule has 0 saturated carbocycles. The highest BCUT2D eigenvalue weighted by Gasteiger charge is 2.36. The quantitative estimate of drug-likeness (QED) is 0.685. The Bertz CT molecular complexity index is 815. The zero-order chi connectivity index (χ0) is 18.6. The molecule has 0 N–H and O–H groups in total. The van der Waals surface area contributed by atoms with Crippen molar-refractivity contribution in [2.24, 2.45) is 0 Å². The van der Waals surface area contributed by atoms with Crippen LogP contribution in [0.2, 0.25) is 10.0 Å². The second-order valence-electron chi connectivity index (χ2n) is 4.70. The van der Waals surface area contributed by atoms with Crippen molar-refractivity contribution in [2.45, 2.75) is 11.2 Å². The monoisotopic (exact) mass is 411 g/mol. The Morgan fingerprint density at radius 2 is 1.92 bits per heavy atom. The van der Waals surface area contributed by atoms with Gasteiger partial charge in [-0.1, -0.05) is 29.3 Å². The van der Waals surface area contributed by atoms with E-state index in [2.05, 4.69) is 4.98 Å². The van der Waals surface area contributed by atoms with Gasteiger partial charge in [-0.05, 0) is 24.3 Å². The van der Waals surface area contributed by atoms with Crippen LogP contribution < -0.4 is 0 Å². The molecule has 4 nitrogen and oxygen atoms in total. The number of pyridine rings is 1. The minimum Gasteiger partial charge on any atom is -0.461 e. The summed E-state index contributed by atoms with van der Waals surface area (Å²) in [5, 5.41) is -0.547. The Morgan fingerprint density at radius 3 is 2.56 bits per heavy atom. The predicted octanol–water partition coefficient (Wildman–Crippen LogP) is 4.37. The van der Waals surface area contributed by atoms with Crippen LogP contribution in [0.25, 0.3) is 0 Å². The van der Waals surface area contributed by atoms with Crippen molar-refractivity contribution in [1.29, 1.82) is 0 Å². The summed E-state index contributed by atoms with van der Waals surface area (Å²) in [7, 11) is -2.12. The second-order valence-corrected chi connectivity index (χ2v) is 7.06. The molecular formula is C15H10Cl2F3NO3S. The van der Waals surface area contributed by atoms with E-state index in [1.807, 2.05) is 0 Å². The molecule has 0 spiro atoms. The van der Waals surface area contributed by atoms with Crippen LogP contribution in [-0.2, 0) is 21.7 Å². The Labute approximate surface area is 153 Å². The molecule has 0 amide bonds. The van der Waals surface area contributed by atoms with E-state index in [1.54, 1.807) is 12.1 Å². The fourth-order valence-corrected chi connectivity index (χ4v) is 3.18. The van der Waals surface area contributed by atoms with Gasteiger partial charge in [0.05, 0.1) is 32.7 Å². The van der Waals surface area contributed by atoms with Crippen molar-refractivity contribution in [2.75, 3.05) is 12.4 Å². The van der Waals surface area contributed by atoms with Gasteiger partial charge in [0.2, 0.25) is 0 Å². The summed E-state index contributed by atoms with van der Waals surface area (Å²) in [5.74, 6) is -1.07. The van der Waals surface area contributed by atoms with Crippen LogP contribution in [0.4, 0.5) is 13.2 Å².